The van der Waals surface area contributed by atoms with E-state index >= 15 is 0 Å². The summed E-state index contributed by atoms with van der Waals surface area (Å²) in [5.74, 6) is 0.385. The van der Waals surface area contributed by atoms with Gasteiger partial charge in [0.2, 0.25) is 0 Å². The van der Waals surface area contributed by atoms with Crippen LogP contribution in [0.3, 0.4) is 0 Å². The van der Waals surface area contributed by atoms with Gasteiger partial charge in [0.1, 0.15) is 18.1 Å². The molecule has 9 heteroatoms. The van der Waals surface area contributed by atoms with Crippen molar-refractivity contribution in [3.63, 3.8) is 0 Å². The lowest BCUT2D eigenvalue weighted by Gasteiger charge is -2.11. The zero-order valence-electron chi connectivity index (χ0n) is 9.53. The molecular formula is C9H13NO6S2. The molecule has 0 radical (unpaired) electrons. The molecule has 3 N–H and O–H groups in total. The molecule has 0 saturated heterocycles. The Balaban J connectivity index is 2.62. The smallest absolute Gasteiger partial charge is 0.397 e. The van der Waals surface area contributed by atoms with Crippen LogP contribution in [0.2, 0.25) is 0 Å². The van der Waals surface area contributed by atoms with Gasteiger partial charge >= 0.3 is 10.4 Å². The standard InChI is InChI=1S/C9H13NO6S2/c1-15-9-3-2-7(6-8(9)10)17(11)5-4-16-18(12,13)14/h2-3,6H,4-5,10H2,1H3,(H,12,13,14). The summed E-state index contributed by atoms with van der Waals surface area (Å²) in [5.41, 5.74) is 5.97. The van der Waals surface area contributed by atoms with E-state index in [1.165, 1.54) is 13.2 Å². The summed E-state index contributed by atoms with van der Waals surface area (Å²) < 4.78 is 49.7. The first-order valence-electron chi connectivity index (χ1n) is 4.77. The Morgan fingerprint density at radius 2 is 2.17 bits per heavy atom. The first-order valence-corrected chi connectivity index (χ1v) is 7.45. The molecule has 0 aliphatic rings. The Bertz CT molecular complexity index is 504. The zero-order chi connectivity index (χ0) is 13.8. The number of hydrogen-bond acceptors (Lipinski definition) is 6. The van der Waals surface area contributed by atoms with E-state index in [1.54, 1.807) is 12.1 Å². The molecule has 0 aromatic heterocycles. The van der Waals surface area contributed by atoms with Crippen molar-refractivity contribution < 1.29 is 26.4 Å². The molecule has 0 spiro atoms. The maximum absolute atomic E-state index is 11.7. The summed E-state index contributed by atoms with van der Waals surface area (Å²) in [4.78, 5) is 0.423. The minimum atomic E-state index is -4.50. The Morgan fingerprint density at radius 3 is 2.67 bits per heavy atom. The third-order valence-corrected chi connectivity index (χ3v) is 3.75. The molecule has 7 nitrogen and oxygen atoms in total. The summed E-state index contributed by atoms with van der Waals surface area (Å²) in [6.07, 6.45) is 0. The number of methoxy groups -OCH3 is 1. The van der Waals surface area contributed by atoms with Crippen molar-refractivity contribution in [2.75, 3.05) is 25.2 Å². The van der Waals surface area contributed by atoms with E-state index in [-0.39, 0.29) is 12.4 Å². The number of ether oxygens (including phenoxy) is 1. The van der Waals surface area contributed by atoms with Gasteiger partial charge in [0.05, 0.1) is 12.8 Å². The van der Waals surface area contributed by atoms with Gasteiger partial charge in [-0.05, 0) is 23.3 Å². The molecule has 1 aromatic carbocycles. The topological polar surface area (TPSA) is 122 Å². The highest BCUT2D eigenvalue weighted by molar-refractivity contribution is 7.91. The molecule has 102 valence electrons. The largest absolute Gasteiger partial charge is 0.611 e. The number of benzene rings is 1. The third-order valence-electron chi connectivity index (χ3n) is 1.97. The van der Waals surface area contributed by atoms with Crippen molar-refractivity contribution in [2.45, 2.75) is 4.90 Å². The van der Waals surface area contributed by atoms with Crippen LogP contribution in [0.5, 0.6) is 5.75 Å². The van der Waals surface area contributed by atoms with Crippen molar-refractivity contribution >= 4 is 27.3 Å². The van der Waals surface area contributed by atoms with Crippen molar-refractivity contribution in [1.29, 1.82) is 0 Å². The van der Waals surface area contributed by atoms with Crippen LogP contribution >= 0.6 is 0 Å². The van der Waals surface area contributed by atoms with Gasteiger partial charge in [0, 0.05) is 6.07 Å². The highest BCUT2D eigenvalue weighted by Crippen LogP contribution is 2.24. The van der Waals surface area contributed by atoms with Crippen LogP contribution in [0.4, 0.5) is 5.69 Å². The number of hydrogen-bond donors (Lipinski definition) is 2. The van der Waals surface area contributed by atoms with E-state index < -0.39 is 21.6 Å². The van der Waals surface area contributed by atoms with Gasteiger partial charge in [0.25, 0.3) is 0 Å². The number of nitrogens with two attached hydrogens (primary N) is 1. The number of rotatable bonds is 6. The van der Waals surface area contributed by atoms with E-state index in [1.807, 2.05) is 0 Å². The van der Waals surface area contributed by atoms with Gasteiger partial charge in [-0.25, -0.2) is 4.18 Å². The predicted octanol–water partition coefficient (Wildman–Crippen LogP) is 0.204. The summed E-state index contributed by atoms with van der Waals surface area (Å²) >= 11 is -1.47. The zero-order valence-corrected chi connectivity index (χ0v) is 11.2. The molecule has 0 saturated carbocycles. The first-order chi connectivity index (χ1) is 8.33. The predicted molar refractivity (Wildman–Crippen MR) is 66.2 cm³/mol. The Labute approximate surface area is 108 Å². The lowest BCUT2D eigenvalue weighted by molar-refractivity contribution is 0.284. The quantitative estimate of drug-likeness (QED) is 0.437. The molecule has 0 bridgehead atoms. The molecule has 18 heavy (non-hydrogen) atoms. The van der Waals surface area contributed by atoms with Crippen molar-refractivity contribution in [2.24, 2.45) is 0 Å². The van der Waals surface area contributed by atoms with Crippen LogP contribution < -0.4 is 10.5 Å². The fourth-order valence-electron chi connectivity index (χ4n) is 1.19. The van der Waals surface area contributed by atoms with Gasteiger partial charge < -0.3 is 15.0 Å². The molecule has 0 amide bonds. The van der Waals surface area contributed by atoms with Crippen LogP contribution in [0.1, 0.15) is 0 Å². The second-order valence-corrected chi connectivity index (χ2v) is 5.86. The van der Waals surface area contributed by atoms with E-state index in [9.17, 15) is 13.0 Å². The molecule has 1 unspecified atom stereocenters. The maximum atomic E-state index is 11.7. The van der Waals surface area contributed by atoms with Crippen molar-refractivity contribution in [3.05, 3.63) is 18.2 Å². The van der Waals surface area contributed by atoms with E-state index in [0.29, 0.717) is 16.3 Å². The average Bonchev–Trinajstić information content (AvgIpc) is 2.27. The summed E-state index contributed by atoms with van der Waals surface area (Å²) in [7, 11) is -3.04. The van der Waals surface area contributed by atoms with Crippen LogP contribution in [-0.4, -0.2) is 37.0 Å². The molecule has 0 fully saturated rings. The average molecular weight is 295 g/mol. The number of anilines is 1. The molecule has 0 heterocycles. The van der Waals surface area contributed by atoms with Crippen LogP contribution in [0.25, 0.3) is 0 Å². The molecule has 1 atom stereocenters. The van der Waals surface area contributed by atoms with E-state index in [0.717, 1.165) is 0 Å². The van der Waals surface area contributed by atoms with Gasteiger partial charge in [-0.3, -0.25) is 4.55 Å². The van der Waals surface area contributed by atoms with Gasteiger partial charge in [-0.1, -0.05) is 0 Å². The molecular weight excluding hydrogens is 282 g/mol. The lowest BCUT2D eigenvalue weighted by atomic mass is 10.3. The molecule has 1 aromatic rings. The van der Waals surface area contributed by atoms with Gasteiger partial charge in [-0.15, -0.1) is 0 Å². The van der Waals surface area contributed by atoms with Crippen LogP contribution in [-0.2, 0) is 25.8 Å². The minimum Gasteiger partial charge on any atom is -0.611 e. The van der Waals surface area contributed by atoms with E-state index in [4.69, 9.17) is 15.0 Å². The maximum Gasteiger partial charge on any atom is 0.397 e. The normalized spacial score (nSPS) is 13.3. The number of nitrogen functional groups attached to an aromatic ring is 1. The Morgan fingerprint density at radius 1 is 1.50 bits per heavy atom. The molecule has 1 rings (SSSR count). The molecule has 0 aliphatic carbocycles. The Kier molecular flexibility index (Phi) is 5.23. The third kappa shape index (κ3) is 4.70. The van der Waals surface area contributed by atoms with Crippen LogP contribution in [0.15, 0.2) is 23.1 Å². The molecule has 0 aliphatic heterocycles. The summed E-state index contributed by atoms with van der Waals surface area (Å²) in [6.45, 7) is -0.378. The van der Waals surface area contributed by atoms with Gasteiger partial charge in [-0.2, -0.15) is 8.42 Å². The SMILES string of the molecule is COc1ccc([S+]([O-])CCOS(=O)(=O)O)cc1N. The fraction of sp³-hybridized carbons (Fsp3) is 0.333. The second-order valence-electron chi connectivity index (χ2n) is 3.20. The first kappa shape index (κ1) is 15.1. The minimum absolute atomic E-state index is 0.0778. The highest BCUT2D eigenvalue weighted by Gasteiger charge is 2.15. The van der Waals surface area contributed by atoms with Crippen LogP contribution in [0, 0.1) is 0 Å². The fourth-order valence-corrected chi connectivity index (χ4v) is 2.54. The van der Waals surface area contributed by atoms with E-state index in [2.05, 4.69) is 4.18 Å². The summed E-state index contributed by atoms with van der Waals surface area (Å²) in [5, 5.41) is 0. The van der Waals surface area contributed by atoms with Crippen molar-refractivity contribution in [3.8, 4) is 5.75 Å². The lowest BCUT2D eigenvalue weighted by Crippen LogP contribution is -2.15. The monoisotopic (exact) mass is 295 g/mol. The van der Waals surface area contributed by atoms with Gasteiger partial charge in [0.15, 0.2) is 4.90 Å². The Hall–Kier alpha value is -1.00. The highest BCUT2D eigenvalue weighted by atomic mass is 32.3. The summed E-state index contributed by atoms with van der Waals surface area (Å²) in [6, 6.07) is 4.59. The van der Waals surface area contributed by atoms with Crippen molar-refractivity contribution in [1.82, 2.24) is 0 Å². The second kappa shape index (κ2) is 6.25.